The van der Waals surface area contributed by atoms with Gasteiger partial charge in [-0.1, -0.05) is 13.8 Å². The molecule has 0 radical (unpaired) electrons. The zero-order valence-corrected chi connectivity index (χ0v) is 11.8. The molecule has 0 N–H and O–H groups in total. The van der Waals surface area contributed by atoms with Crippen LogP contribution in [0.2, 0.25) is 0 Å². The predicted octanol–water partition coefficient (Wildman–Crippen LogP) is 2.49. The van der Waals surface area contributed by atoms with Crippen molar-refractivity contribution in [1.82, 2.24) is 4.90 Å². The summed E-state index contributed by atoms with van der Waals surface area (Å²) in [5, 5.41) is 0. The number of ether oxygens (including phenoxy) is 1. The average Bonchev–Trinajstić information content (AvgIpc) is 2.31. The van der Waals surface area contributed by atoms with Crippen molar-refractivity contribution in [3.05, 3.63) is 0 Å². The van der Waals surface area contributed by atoms with Crippen molar-refractivity contribution >= 4 is 5.78 Å². The lowest BCUT2D eigenvalue weighted by atomic mass is 9.86. The average molecular weight is 241 g/mol. The van der Waals surface area contributed by atoms with Crippen LogP contribution in [0.3, 0.4) is 0 Å². The van der Waals surface area contributed by atoms with Gasteiger partial charge in [-0.05, 0) is 45.7 Å². The molecule has 0 unspecified atom stereocenters. The largest absolute Gasteiger partial charge is 0.381 e. The second-order valence-electron chi connectivity index (χ2n) is 5.41. The van der Waals surface area contributed by atoms with Crippen molar-refractivity contribution in [2.24, 2.45) is 5.92 Å². The molecule has 0 spiro atoms. The highest BCUT2D eigenvalue weighted by Gasteiger charge is 2.33. The van der Waals surface area contributed by atoms with Crippen LogP contribution in [0.4, 0.5) is 0 Å². The Labute approximate surface area is 106 Å². The van der Waals surface area contributed by atoms with Gasteiger partial charge in [0.15, 0.2) is 5.78 Å². The monoisotopic (exact) mass is 241 g/mol. The van der Waals surface area contributed by atoms with E-state index in [-0.39, 0.29) is 5.54 Å². The molecular weight excluding hydrogens is 214 g/mol. The summed E-state index contributed by atoms with van der Waals surface area (Å²) in [5.74, 6) is 0.916. The Hall–Kier alpha value is -0.410. The molecule has 1 heterocycles. The molecule has 3 heteroatoms. The molecule has 0 amide bonds. The Kier molecular flexibility index (Phi) is 5.60. The van der Waals surface area contributed by atoms with Gasteiger partial charge in [0.05, 0.1) is 5.54 Å². The molecule has 0 saturated carbocycles. The van der Waals surface area contributed by atoms with Crippen LogP contribution in [0.25, 0.3) is 0 Å². The first-order valence-corrected chi connectivity index (χ1v) is 6.88. The van der Waals surface area contributed by atoms with Gasteiger partial charge >= 0.3 is 0 Å². The second-order valence-corrected chi connectivity index (χ2v) is 5.41. The Bertz CT molecular complexity index is 241. The zero-order chi connectivity index (χ0) is 12.9. The van der Waals surface area contributed by atoms with Gasteiger partial charge in [-0.3, -0.25) is 9.69 Å². The number of Topliss-reactive ketones (excluding diaryl/α,β-unsaturated/α-hetero) is 1. The lowest BCUT2D eigenvalue weighted by molar-refractivity contribution is -0.131. The summed E-state index contributed by atoms with van der Waals surface area (Å²) in [6.07, 6.45) is 2.80. The Morgan fingerprint density at radius 1 is 1.24 bits per heavy atom. The van der Waals surface area contributed by atoms with Crippen molar-refractivity contribution in [3.63, 3.8) is 0 Å². The van der Waals surface area contributed by atoms with Crippen molar-refractivity contribution in [2.75, 3.05) is 26.3 Å². The molecule has 1 fully saturated rings. The second kappa shape index (κ2) is 6.50. The Balaban J connectivity index is 2.54. The number of carbonyl (C=O) groups excluding carboxylic acids is 1. The third-order valence-corrected chi connectivity index (χ3v) is 4.05. The molecule has 0 aromatic rings. The topological polar surface area (TPSA) is 29.5 Å². The molecular formula is C14H27NO2. The first-order chi connectivity index (χ1) is 8.02. The van der Waals surface area contributed by atoms with Crippen LogP contribution in [0.1, 0.15) is 47.0 Å². The summed E-state index contributed by atoms with van der Waals surface area (Å²) in [6, 6.07) is 0. The smallest absolute Gasteiger partial charge is 0.152 e. The van der Waals surface area contributed by atoms with Crippen molar-refractivity contribution in [3.8, 4) is 0 Å². The third kappa shape index (κ3) is 3.78. The van der Waals surface area contributed by atoms with E-state index in [9.17, 15) is 4.79 Å². The first-order valence-electron chi connectivity index (χ1n) is 6.88. The van der Waals surface area contributed by atoms with Crippen molar-refractivity contribution < 1.29 is 9.53 Å². The zero-order valence-electron chi connectivity index (χ0n) is 11.8. The number of nitrogens with zero attached hydrogens (tertiary/aromatic N) is 1. The summed E-state index contributed by atoms with van der Waals surface area (Å²) in [7, 11) is 0. The van der Waals surface area contributed by atoms with E-state index in [2.05, 4.69) is 32.6 Å². The minimum Gasteiger partial charge on any atom is -0.381 e. The third-order valence-electron chi connectivity index (χ3n) is 4.05. The molecule has 0 aromatic carbocycles. The lowest BCUT2D eigenvalue weighted by Gasteiger charge is -2.37. The van der Waals surface area contributed by atoms with E-state index in [1.54, 1.807) is 0 Å². The Morgan fingerprint density at radius 3 is 2.24 bits per heavy atom. The molecule has 1 aliphatic rings. The molecule has 1 rings (SSSR count). The van der Waals surface area contributed by atoms with E-state index < -0.39 is 0 Å². The predicted molar refractivity (Wildman–Crippen MR) is 70.2 cm³/mol. The number of hydrogen-bond acceptors (Lipinski definition) is 3. The van der Waals surface area contributed by atoms with E-state index in [1.165, 1.54) is 0 Å². The van der Waals surface area contributed by atoms with Gasteiger partial charge in [0.1, 0.15) is 0 Å². The van der Waals surface area contributed by atoms with Gasteiger partial charge in [0, 0.05) is 19.6 Å². The molecule has 0 atom stereocenters. The fourth-order valence-electron chi connectivity index (χ4n) is 2.65. The number of hydrogen-bond donors (Lipinski definition) is 0. The van der Waals surface area contributed by atoms with E-state index in [0.29, 0.717) is 18.1 Å². The molecule has 0 aromatic heterocycles. The van der Waals surface area contributed by atoms with Crippen LogP contribution in [-0.4, -0.2) is 42.5 Å². The summed E-state index contributed by atoms with van der Waals surface area (Å²) in [6.45, 7) is 11.9. The minimum atomic E-state index is -0.318. The molecule has 0 aliphatic carbocycles. The standard InChI is InChI=1S/C14H27NO2/c1-5-15(6-2)14(3,4)13(16)11-12-7-9-17-10-8-12/h12H,5-11H2,1-4H3. The highest BCUT2D eigenvalue weighted by molar-refractivity contribution is 5.87. The van der Waals surface area contributed by atoms with Crippen LogP contribution in [0.5, 0.6) is 0 Å². The highest BCUT2D eigenvalue weighted by atomic mass is 16.5. The maximum Gasteiger partial charge on any atom is 0.152 e. The molecule has 100 valence electrons. The van der Waals surface area contributed by atoms with Crippen LogP contribution in [0, 0.1) is 5.92 Å². The van der Waals surface area contributed by atoms with E-state index in [0.717, 1.165) is 39.1 Å². The summed E-state index contributed by atoms with van der Waals surface area (Å²) in [5.41, 5.74) is -0.318. The van der Waals surface area contributed by atoms with Gasteiger partial charge in [-0.15, -0.1) is 0 Å². The Morgan fingerprint density at radius 2 is 1.76 bits per heavy atom. The minimum absolute atomic E-state index is 0.318. The van der Waals surface area contributed by atoms with Crippen LogP contribution in [0.15, 0.2) is 0 Å². The van der Waals surface area contributed by atoms with Gasteiger partial charge in [-0.25, -0.2) is 0 Å². The van der Waals surface area contributed by atoms with E-state index in [1.807, 2.05) is 0 Å². The lowest BCUT2D eigenvalue weighted by Crippen LogP contribution is -2.50. The van der Waals surface area contributed by atoms with Crippen molar-refractivity contribution in [1.29, 1.82) is 0 Å². The SMILES string of the molecule is CCN(CC)C(C)(C)C(=O)CC1CCOCC1. The molecule has 1 aliphatic heterocycles. The van der Waals surface area contributed by atoms with Gasteiger partial charge in [0.25, 0.3) is 0 Å². The van der Waals surface area contributed by atoms with Gasteiger partial charge < -0.3 is 4.74 Å². The first kappa shape index (κ1) is 14.7. The fourth-order valence-corrected chi connectivity index (χ4v) is 2.65. The summed E-state index contributed by atoms with van der Waals surface area (Å²) < 4.78 is 5.33. The van der Waals surface area contributed by atoms with Crippen LogP contribution >= 0.6 is 0 Å². The molecule has 1 saturated heterocycles. The normalized spacial score (nSPS) is 18.6. The van der Waals surface area contributed by atoms with Gasteiger partial charge in [0.2, 0.25) is 0 Å². The van der Waals surface area contributed by atoms with Crippen LogP contribution < -0.4 is 0 Å². The maximum absolute atomic E-state index is 12.4. The van der Waals surface area contributed by atoms with Gasteiger partial charge in [-0.2, -0.15) is 0 Å². The van der Waals surface area contributed by atoms with Crippen molar-refractivity contribution in [2.45, 2.75) is 52.5 Å². The maximum atomic E-state index is 12.4. The van der Waals surface area contributed by atoms with E-state index in [4.69, 9.17) is 4.74 Å². The summed E-state index contributed by atoms with van der Waals surface area (Å²) >= 11 is 0. The fraction of sp³-hybridized carbons (Fsp3) is 0.929. The van der Waals surface area contributed by atoms with Crippen LogP contribution in [-0.2, 0) is 9.53 Å². The summed E-state index contributed by atoms with van der Waals surface area (Å²) in [4.78, 5) is 14.7. The number of rotatable bonds is 6. The number of ketones is 1. The quantitative estimate of drug-likeness (QED) is 0.715. The number of likely N-dealkylation sites (N-methyl/N-ethyl adjacent to an activating group) is 1. The molecule has 17 heavy (non-hydrogen) atoms. The van der Waals surface area contributed by atoms with E-state index >= 15 is 0 Å². The highest BCUT2D eigenvalue weighted by Crippen LogP contribution is 2.24. The molecule has 3 nitrogen and oxygen atoms in total. The number of carbonyl (C=O) groups is 1. The molecule has 0 bridgehead atoms.